The van der Waals surface area contributed by atoms with Crippen LogP contribution in [0.4, 0.5) is 0 Å². The van der Waals surface area contributed by atoms with E-state index in [9.17, 15) is 4.79 Å². The summed E-state index contributed by atoms with van der Waals surface area (Å²) in [4.78, 5) is 9.96. The lowest BCUT2D eigenvalue weighted by Crippen LogP contribution is -2.08. The van der Waals surface area contributed by atoms with Gasteiger partial charge in [0.15, 0.2) is 0 Å². The molecule has 0 aliphatic carbocycles. The first-order valence-corrected chi connectivity index (χ1v) is 4.22. The van der Waals surface area contributed by atoms with Crippen LogP contribution in [0.1, 0.15) is 40.0 Å². The predicted molar refractivity (Wildman–Crippen MR) is 48.5 cm³/mol. The number of hydrogen-bond acceptors (Lipinski definition) is 1. The van der Waals surface area contributed by atoms with E-state index >= 15 is 0 Å². The van der Waals surface area contributed by atoms with Crippen molar-refractivity contribution in [1.82, 2.24) is 0 Å². The maximum absolute atomic E-state index is 9.96. The molecule has 0 radical (unpaired) electrons. The number of allylic oxidation sites excluding steroid dienone is 2. The lowest BCUT2D eigenvalue weighted by molar-refractivity contribution is -0.104. The Hall–Kier alpha value is -0.590. The van der Waals surface area contributed by atoms with Gasteiger partial charge in [-0.15, -0.1) is 0 Å². The zero-order valence-electron chi connectivity index (χ0n) is 7.76. The summed E-state index contributed by atoms with van der Waals surface area (Å²) in [5, 5.41) is 0. The Morgan fingerprint density at radius 2 is 2.00 bits per heavy atom. The standard InChI is InChI=1S/C10H18O/c1-4-7-10(2,3)8-5-6-9-11/h5-6,9H,4,7-8H2,1-3H3. The molecule has 0 aromatic rings. The first-order valence-electron chi connectivity index (χ1n) is 4.22. The zero-order valence-corrected chi connectivity index (χ0v) is 7.76. The number of aldehydes is 1. The van der Waals surface area contributed by atoms with Crippen molar-refractivity contribution in [3.63, 3.8) is 0 Å². The van der Waals surface area contributed by atoms with Gasteiger partial charge >= 0.3 is 0 Å². The van der Waals surface area contributed by atoms with Gasteiger partial charge in [0, 0.05) is 0 Å². The summed E-state index contributed by atoms with van der Waals surface area (Å²) >= 11 is 0. The van der Waals surface area contributed by atoms with E-state index in [1.54, 1.807) is 6.08 Å². The average Bonchev–Trinajstić information content (AvgIpc) is 1.87. The van der Waals surface area contributed by atoms with Crippen molar-refractivity contribution in [3.8, 4) is 0 Å². The fourth-order valence-electron chi connectivity index (χ4n) is 1.22. The minimum Gasteiger partial charge on any atom is -0.299 e. The molecule has 0 aromatic carbocycles. The molecule has 0 bridgehead atoms. The molecule has 0 atom stereocenters. The van der Waals surface area contributed by atoms with Gasteiger partial charge in [0.05, 0.1) is 0 Å². The highest BCUT2D eigenvalue weighted by atomic mass is 16.1. The van der Waals surface area contributed by atoms with Crippen molar-refractivity contribution in [1.29, 1.82) is 0 Å². The van der Waals surface area contributed by atoms with Gasteiger partial charge in [-0.1, -0.05) is 33.3 Å². The molecular formula is C10H18O. The number of carbonyl (C=O) groups excluding carboxylic acids is 1. The molecule has 0 aliphatic heterocycles. The predicted octanol–water partition coefficient (Wildman–Crippen LogP) is 2.96. The molecule has 1 nitrogen and oxygen atoms in total. The van der Waals surface area contributed by atoms with E-state index in [4.69, 9.17) is 0 Å². The highest BCUT2D eigenvalue weighted by Crippen LogP contribution is 2.26. The Bertz CT molecular complexity index is 134. The Kier molecular flexibility index (Phi) is 4.84. The summed E-state index contributed by atoms with van der Waals surface area (Å²) in [5.41, 5.74) is 0.355. The molecule has 0 unspecified atom stereocenters. The first kappa shape index (κ1) is 10.4. The Morgan fingerprint density at radius 3 is 2.45 bits per heavy atom. The van der Waals surface area contributed by atoms with Gasteiger partial charge < -0.3 is 0 Å². The summed E-state index contributed by atoms with van der Waals surface area (Å²) in [6, 6.07) is 0. The molecule has 0 saturated heterocycles. The quantitative estimate of drug-likeness (QED) is 0.439. The highest BCUT2D eigenvalue weighted by molar-refractivity contribution is 5.64. The van der Waals surface area contributed by atoms with Gasteiger partial charge in [0.25, 0.3) is 0 Å². The Balaban J connectivity index is 3.71. The van der Waals surface area contributed by atoms with Crippen LogP contribution in [-0.4, -0.2) is 6.29 Å². The largest absolute Gasteiger partial charge is 0.299 e. The molecule has 0 saturated carbocycles. The third-order valence-electron chi connectivity index (χ3n) is 1.81. The van der Waals surface area contributed by atoms with Crippen LogP contribution in [0.2, 0.25) is 0 Å². The van der Waals surface area contributed by atoms with Crippen molar-refractivity contribution in [2.75, 3.05) is 0 Å². The third-order valence-corrected chi connectivity index (χ3v) is 1.81. The van der Waals surface area contributed by atoms with E-state index in [2.05, 4.69) is 20.8 Å². The lowest BCUT2D eigenvalue weighted by atomic mass is 9.84. The van der Waals surface area contributed by atoms with Crippen LogP contribution in [0.5, 0.6) is 0 Å². The monoisotopic (exact) mass is 154 g/mol. The molecule has 64 valence electrons. The van der Waals surface area contributed by atoms with E-state index in [1.165, 1.54) is 12.8 Å². The molecule has 0 heterocycles. The van der Waals surface area contributed by atoms with Gasteiger partial charge in [-0.05, 0) is 24.3 Å². The second-order valence-corrected chi connectivity index (χ2v) is 3.68. The topological polar surface area (TPSA) is 17.1 Å². The summed E-state index contributed by atoms with van der Waals surface area (Å²) in [6.07, 6.45) is 7.79. The van der Waals surface area contributed by atoms with Crippen LogP contribution in [-0.2, 0) is 4.79 Å². The normalized spacial score (nSPS) is 12.3. The highest BCUT2D eigenvalue weighted by Gasteiger charge is 2.13. The Labute approximate surface area is 69.5 Å². The molecule has 0 N–H and O–H groups in total. The first-order chi connectivity index (χ1) is 5.12. The van der Waals surface area contributed by atoms with E-state index in [-0.39, 0.29) is 0 Å². The fourth-order valence-corrected chi connectivity index (χ4v) is 1.22. The van der Waals surface area contributed by atoms with E-state index in [0.717, 1.165) is 12.7 Å². The van der Waals surface area contributed by atoms with Gasteiger partial charge in [-0.25, -0.2) is 0 Å². The summed E-state index contributed by atoms with van der Waals surface area (Å²) in [5.74, 6) is 0. The minimum atomic E-state index is 0.355. The van der Waals surface area contributed by atoms with Crippen molar-refractivity contribution >= 4 is 6.29 Å². The van der Waals surface area contributed by atoms with Crippen LogP contribution in [0.25, 0.3) is 0 Å². The summed E-state index contributed by atoms with van der Waals surface area (Å²) < 4.78 is 0. The average molecular weight is 154 g/mol. The Morgan fingerprint density at radius 1 is 1.36 bits per heavy atom. The zero-order chi connectivity index (χ0) is 8.74. The number of hydrogen-bond donors (Lipinski definition) is 0. The SMILES string of the molecule is CCCC(C)(C)CC=CC=O. The van der Waals surface area contributed by atoms with E-state index in [0.29, 0.717) is 5.41 Å². The van der Waals surface area contributed by atoms with E-state index in [1.807, 2.05) is 6.08 Å². The summed E-state index contributed by atoms with van der Waals surface area (Å²) in [7, 11) is 0. The second kappa shape index (κ2) is 5.11. The second-order valence-electron chi connectivity index (χ2n) is 3.68. The lowest BCUT2D eigenvalue weighted by Gasteiger charge is -2.21. The van der Waals surface area contributed by atoms with Crippen LogP contribution < -0.4 is 0 Å². The smallest absolute Gasteiger partial charge is 0.142 e. The molecule has 0 aliphatic rings. The maximum Gasteiger partial charge on any atom is 0.142 e. The van der Waals surface area contributed by atoms with Gasteiger partial charge in [0.1, 0.15) is 6.29 Å². The van der Waals surface area contributed by atoms with Crippen molar-refractivity contribution in [2.45, 2.75) is 40.0 Å². The molecule has 0 aromatic heterocycles. The van der Waals surface area contributed by atoms with Gasteiger partial charge in [0.2, 0.25) is 0 Å². The van der Waals surface area contributed by atoms with E-state index < -0.39 is 0 Å². The molecule has 0 amide bonds. The molecule has 11 heavy (non-hydrogen) atoms. The molecule has 0 fully saturated rings. The minimum absolute atomic E-state index is 0.355. The van der Waals surface area contributed by atoms with Gasteiger partial charge in [-0.3, -0.25) is 4.79 Å². The van der Waals surface area contributed by atoms with Crippen LogP contribution in [0.3, 0.4) is 0 Å². The molecule has 0 rings (SSSR count). The third kappa shape index (κ3) is 5.84. The number of carbonyl (C=O) groups is 1. The summed E-state index contributed by atoms with van der Waals surface area (Å²) in [6.45, 7) is 6.64. The van der Waals surface area contributed by atoms with Crippen molar-refractivity contribution < 1.29 is 4.79 Å². The van der Waals surface area contributed by atoms with Crippen molar-refractivity contribution in [2.24, 2.45) is 5.41 Å². The fraction of sp³-hybridized carbons (Fsp3) is 0.700. The number of rotatable bonds is 5. The van der Waals surface area contributed by atoms with Crippen LogP contribution in [0.15, 0.2) is 12.2 Å². The molecular weight excluding hydrogens is 136 g/mol. The van der Waals surface area contributed by atoms with Gasteiger partial charge in [-0.2, -0.15) is 0 Å². The van der Waals surface area contributed by atoms with Crippen LogP contribution in [0, 0.1) is 5.41 Å². The van der Waals surface area contributed by atoms with Crippen molar-refractivity contribution in [3.05, 3.63) is 12.2 Å². The molecule has 0 spiro atoms. The molecule has 1 heteroatoms. The van der Waals surface area contributed by atoms with Crippen LogP contribution >= 0.6 is 0 Å². The maximum atomic E-state index is 9.96.